The molecule has 0 aromatic heterocycles. The molecule has 2 nitrogen and oxygen atoms in total. The van der Waals surface area contributed by atoms with Crippen LogP contribution in [0.5, 0.6) is 0 Å². The van der Waals surface area contributed by atoms with E-state index in [0.29, 0.717) is 6.04 Å². The Kier molecular flexibility index (Phi) is 5.22. The largest absolute Gasteiger partial charge is 0.379 e. The summed E-state index contributed by atoms with van der Waals surface area (Å²) in [5.74, 6) is -1.27. The molecule has 20 heavy (non-hydrogen) atoms. The molecule has 1 unspecified atom stereocenters. The first-order chi connectivity index (χ1) is 9.47. The summed E-state index contributed by atoms with van der Waals surface area (Å²) in [6.45, 7) is 6.42. The molecule has 0 amide bonds. The van der Waals surface area contributed by atoms with Crippen LogP contribution in [0.3, 0.4) is 0 Å². The smallest absolute Gasteiger partial charge is 0.150 e. The van der Waals surface area contributed by atoms with Crippen molar-refractivity contribution >= 4 is 17.3 Å². The van der Waals surface area contributed by atoms with Gasteiger partial charge in [-0.2, -0.15) is 0 Å². The van der Waals surface area contributed by atoms with Crippen LogP contribution in [0, 0.1) is 11.6 Å². The van der Waals surface area contributed by atoms with Gasteiger partial charge in [0, 0.05) is 24.7 Å². The summed E-state index contributed by atoms with van der Waals surface area (Å²) in [4.78, 5) is 2.42. The Bertz CT molecular complexity index is 442. The summed E-state index contributed by atoms with van der Waals surface area (Å²) >= 11 is 5.92. The van der Waals surface area contributed by atoms with E-state index in [1.807, 2.05) is 0 Å². The molecular formula is C15H21ClF2N2. The lowest BCUT2D eigenvalue weighted by molar-refractivity contribution is 0.230. The number of hydrogen-bond acceptors (Lipinski definition) is 2. The molecule has 1 aromatic carbocycles. The fourth-order valence-corrected chi connectivity index (χ4v) is 2.91. The molecular weight excluding hydrogens is 282 g/mol. The Morgan fingerprint density at radius 3 is 2.65 bits per heavy atom. The Morgan fingerprint density at radius 2 is 2.00 bits per heavy atom. The second kappa shape index (κ2) is 6.72. The van der Waals surface area contributed by atoms with E-state index in [9.17, 15) is 8.78 Å². The van der Waals surface area contributed by atoms with Crippen LogP contribution < -0.4 is 5.32 Å². The van der Waals surface area contributed by atoms with E-state index in [-0.39, 0.29) is 16.8 Å². The number of benzene rings is 1. The van der Waals surface area contributed by atoms with Gasteiger partial charge < -0.3 is 10.2 Å². The van der Waals surface area contributed by atoms with Gasteiger partial charge in [0.05, 0.1) is 10.7 Å². The quantitative estimate of drug-likeness (QED) is 0.896. The summed E-state index contributed by atoms with van der Waals surface area (Å²) in [6, 6.07) is 2.71. The average molecular weight is 303 g/mol. The molecule has 1 aromatic rings. The molecule has 0 aliphatic carbocycles. The maximum atomic E-state index is 13.8. The molecule has 1 aliphatic rings. The molecule has 0 radical (unpaired) electrons. The number of nitrogens with one attached hydrogen (secondary N) is 1. The van der Waals surface area contributed by atoms with Gasteiger partial charge >= 0.3 is 0 Å². The van der Waals surface area contributed by atoms with E-state index in [2.05, 4.69) is 24.1 Å². The molecule has 0 spiro atoms. The minimum Gasteiger partial charge on any atom is -0.379 e. The van der Waals surface area contributed by atoms with Gasteiger partial charge in [-0.25, -0.2) is 8.78 Å². The van der Waals surface area contributed by atoms with Crippen LogP contribution in [0.4, 0.5) is 14.5 Å². The first-order valence-corrected chi connectivity index (χ1v) is 7.50. The molecule has 1 N–H and O–H groups in total. The van der Waals surface area contributed by atoms with Crippen LogP contribution >= 0.6 is 11.6 Å². The summed E-state index contributed by atoms with van der Waals surface area (Å²) in [7, 11) is 0. The SMILES string of the molecule is CC(C)N1CCCC(Nc2c(F)cc(F)cc2Cl)CC1. The van der Waals surface area contributed by atoms with Gasteiger partial charge in [-0.1, -0.05) is 11.6 Å². The van der Waals surface area contributed by atoms with Crippen LogP contribution in [-0.2, 0) is 0 Å². The standard InChI is InChI=1S/C15H21ClF2N2/c1-10(2)20-6-3-4-12(5-7-20)19-15-13(16)8-11(17)9-14(15)18/h8-10,12,19H,3-7H2,1-2H3. The molecule has 1 aliphatic heterocycles. The summed E-state index contributed by atoms with van der Waals surface area (Å²) in [6.07, 6.45) is 2.97. The van der Waals surface area contributed by atoms with Crippen molar-refractivity contribution in [3.05, 3.63) is 28.8 Å². The predicted molar refractivity (Wildman–Crippen MR) is 79.3 cm³/mol. The van der Waals surface area contributed by atoms with E-state index >= 15 is 0 Å². The van der Waals surface area contributed by atoms with E-state index < -0.39 is 11.6 Å². The maximum Gasteiger partial charge on any atom is 0.150 e. The predicted octanol–water partition coefficient (Wildman–Crippen LogP) is 4.29. The fraction of sp³-hybridized carbons (Fsp3) is 0.600. The number of anilines is 1. The second-order valence-electron chi connectivity index (χ2n) is 5.65. The van der Waals surface area contributed by atoms with Crippen LogP contribution in [0.25, 0.3) is 0 Å². The van der Waals surface area contributed by atoms with E-state index in [1.165, 1.54) is 0 Å². The van der Waals surface area contributed by atoms with Gasteiger partial charge in [0.15, 0.2) is 5.82 Å². The zero-order valence-corrected chi connectivity index (χ0v) is 12.7. The molecule has 2 rings (SSSR count). The summed E-state index contributed by atoms with van der Waals surface area (Å²) in [5, 5.41) is 3.25. The van der Waals surface area contributed by atoms with Crippen molar-refractivity contribution in [1.82, 2.24) is 4.90 Å². The summed E-state index contributed by atoms with van der Waals surface area (Å²) in [5.41, 5.74) is 0.219. The first kappa shape index (κ1) is 15.5. The normalized spacial score (nSPS) is 21.0. The van der Waals surface area contributed by atoms with Gasteiger partial charge in [-0.05, 0) is 45.7 Å². The number of rotatable bonds is 3. The highest BCUT2D eigenvalue weighted by molar-refractivity contribution is 6.33. The molecule has 1 fully saturated rings. The topological polar surface area (TPSA) is 15.3 Å². The van der Waals surface area contributed by atoms with Gasteiger partial charge in [-0.3, -0.25) is 0 Å². The molecule has 5 heteroatoms. The number of likely N-dealkylation sites (tertiary alicyclic amines) is 1. The molecule has 112 valence electrons. The highest BCUT2D eigenvalue weighted by Gasteiger charge is 2.20. The molecule has 1 saturated heterocycles. The maximum absolute atomic E-state index is 13.8. The molecule has 1 heterocycles. The van der Waals surface area contributed by atoms with Crippen molar-refractivity contribution < 1.29 is 8.78 Å². The van der Waals surface area contributed by atoms with Crippen molar-refractivity contribution in [2.45, 2.75) is 45.2 Å². The lowest BCUT2D eigenvalue weighted by Crippen LogP contribution is -2.32. The van der Waals surface area contributed by atoms with E-state index in [4.69, 9.17) is 11.6 Å². The van der Waals surface area contributed by atoms with Gasteiger partial charge in [0.1, 0.15) is 5.82 Å². The first-order valence-electron chi connectivity index (χ1n) is 7.12. The molecule has 0 saturated carbocycles. The van der Waals surface area contributed by atoms with Gasteiger partial charge in [-0.15, -0.1) is 0 Å². The van der Waals surface area contributed by atoms with Crippen molar-refractivity contribution in [2.24, 2.45) is 0 Å². The fourth-order valence-electron chi connectivity index (χ4n) is 2.66. The van der Waals surface area contributed by atoms with Crippen LogP contribution in [-0.4, -0.2) is 30.1 Å². The molecule has 0 bridgehead atoms. The third-order valence-corrected chi connectivity index (χ3v) is 4.15. The third-order valence-electron chi connectivity index (χ3n) is 3.85. The second-order valence-corrected chi connectivity index (χ2v) is 6.05. The zero-order valence-electron chi connectivity index (χ0n) is 11.9. The number of halogens is 3. The van der Waals surface area contributed by atoms with E-state index in [1.54, 1.807) is 0 Å². The zero-order chi connectivity index (χ0) is 14.7. The Labute approximate surface area is 124 Å². The number of nitrogens with zero attached hydrogens (tertiary/aromatic N) is 1. The minimum absolute atomic E-state index is 0.104. The number of hydrogen-bond donors (Lipinski definition) is 1. The van der Waals surface area contributed by atoms with Crippen molar-refractivity contribution in [3.63, 3.8) is 0 Å². The Balaban J connectivity index is 2.04. The highest BCUT2D eigenvalue weighted by Crippen LogP contribution is 2.28. The Morgan fingerprint density at radius 1 is 1.25 bits per heavy atom. The lowest BCUT2D eigenvalue weighted by Gasteiger charge is -2.24. The van der Waals surface area contributed by atoms with Crippen molar-refractivity contribution in [3.8, 4) is 0 Å². The average Bonchev–Trinajstić information content (AvgIpc) is 2.59. The van der Waals surface area contributed by atoms with Crippen LogP contribution in [0.1, 0.15) is 33.1 Å². The highest BCUT2D eigenvalue weighted by atomic mass is 35.5. The Hall–Kier alpha value is -0.870. The van der Waals surface area contributed by atoms with Gasteiger partial charge in [0.2, 0.25) is 0 Å². The third kappa shape index (κ3) is 3.83. The summed E-state index contributed by atoms with van der Waals surface area (Å²) < 4.78 is 26.8. The van der Waals surface area contributed by atoms with Crippen LogP contribution in [0.15, 0.2) is 12.1 Å². The van der Waals surface area contributed by atoms with Gasteiger partial charge in [0.25, 0.3) is 0 Å². The van der Waals surface area contributed by atoms with Crippen LogP contribution in [0.2, 0.25) is 5.02 Å². The monoisotopic (exact) mass is 302 g/mol. The van der Waals surface area contributed by atoms with Crippen molar-refractivity contribution in [1.29, 1.82) is 0 Å². The molecule has 1 atom stereocenters. The van der Waals surface area contributed by atoms with E-state index in [0.717, 1.165) is 44.5 Å². The van der Waals surface area contributed by atoms with Crippen molar-refractivity contribution in [2.75, 3.05) is 18.4 Å². The lowest BCUT2D eigenvalue weighted by atomic mass is 10.1. The minimum atomic E-state index is -0.648.